The van der Waals surface area contributed by atoms with Gasteiger partial charge in [0.15, 0.2) is 5.69 Å². The average molecular weight is 246 g/mol. The number of ether oxygens (including phenoxy) is 1. The molecule has 18 heavy (non-hydrogen) atoms. The maximum atomic E-state index is 11.5. The van der Waals surface area contributed by atoms with E-state index in [4.69, 9.17) is 11.3 Å². The van der Waals surface area contributed by atoms with Gasteiger partial charge in [-0.25, -0.2) is 4.85 Å². The molecule has 0 aliphatic rings. The third-order valence-electron chi connectivity index (χ3n) is 2.28. The topological polar surface area (TPSA) is 33.9 Å². The molecule has 0 saturated carbocycles. The van der Waals surface area contributed by atoms with Crippen LogP contribution in [0.4, 0.5) is 5.69 Å². The highest BCUT2D eigenvalue weighted by Crippen LogP contribution is 2.13. The number of carbonyl (C=O) groups excluding carboxylic acids is 1. The Kier molecular flexibility index (Phi) is 5.34. The molecule has 1 aromatic rings. The maximum Gasteiger partial charge on any atom is 0.320 e. The van der Waals surface area contributed by atoms with Crippen molar-refractivity contribution in [3.05, 3.63) is 41.2 Å². The Hall–Kier alpha value is -1.86. The Balaban J connectivity index is 2.46. The van der Waals surface area contributed by atoms with Crippen molar-refractivity contribution in [2.45, 2.75) is 26.5 Å². The molecule has 4 nitrogen and oxygen atoms in total. The molecule has 1 rings (SSSR count). The highest BCUT2D eigenvalue weighted by atomic mass is 16.5. The number of hydrogen-bond acceptors (Lipinski definition) is 3. The number of esters is 1. The fourth-order valence-corrected chi connectivity index (χ4v) is 1.56. The summed E-state index contributed by atoms with van der Waals surface area (Å²) in [6.07, 6.45) is -0.0798. The lowest BCUT2D eigenvalue weighted by Crippen LogP contribution is -2.28. The van der Waals surface area contributed by atoms with E-state index >= 15 is 0 Å². The molecule has 0 N–H and O–H groups in total. The van der Waals surface area contributed by atoms with Crippen molar-refractivity contribution >= 4 is 11.7 Å². The largest absolute Gasteiger partial charge is 0.462 e. The van der Waals surface area contributed by atoms with Gasteiger partial charge >= 0.3 is 5.97 Å². The predicted octanol–water partition coefficient (Wildman–Crippen LogP) is 2.62. The summed E-state index contributed by atoms with van der Waals surface area (Å²) >= 11 is 0. The molecule has 0 atom stereocenters. The molecular formula is C14H18N2O2. The molecule has 0 heterocycles. The van der Waals surface area contributed by atoms with Gasteiger partial charge in [0, 0.05) is 6.54 Å². The van der Waals surface area contributed by atoms with Gasteiger partial charge in [-0.15, -0.1) is 0 Å². The Labute approximate surface area is 108 Å². The highest BCUT2D eigenvalue weighted by molar-refractivity contribution is 5.71. The monoisotopic (exact) mass is 246 g/mol. The van der Waals surface area contributed by atoms with Crippen LogP contribution < -0.4 is 0 Å². The Morgan fingerprint density at radius 1 is 1.39 bits per heavy atom. The summed E-state index contributed by atoms with van der Waals surface area (Å²) in [6, 6.07) is 7.36. The second-order valence-electron chi connectivity index (χ2n) is 4.49. The van der Waals surface area contributed by atoms with Crippen LogP contribution in [-0.2, 0) is 16.1 Å². The molecular weight excluding hydrogens is 228 g/mol. The molecule has 0 aliphatic heterocycles. The highest BCUT2D eigenvalue weighted by Gasteiger charge is 2.09. The van der Waals surface area contributed by atoms with Crippen molar-refractivity contribution in [1.29, 1.82) is 0 Å². The molecule has 0 bridgehead atoms. The fraction of sp³-hybridized carbons (Fsp3) is 0.429. The fourth-order valence-electron chi connectivity index (χ4n) is 1.56. The van der Waals surface area contributed by atoms with Crippen molar-refractivity contribution in [3.8, 4) is 0 Å². The van der Waals surface area contributed by atoms with Gasteiger partial charge < -0.3 is 4.74 Å². The minimum Gasteiger partial charge on any atom is -0.462 e. The third-order valence-corrected chi connectivity index (χ3v) is 2.28. The van der Waals surface area contributed by atoms with E-state index in [9.17, 15) is 4.79 Å². The Morgan fingerprint density at radius 2 is 2.00 bits per heavy atom. The van der Waals surface area contributed by atoms with Crippen LogP contribution in [0.1, 0.15) is 19.4 Å². The van der Waals surface area contributed by atoms with Gasteiger partial charge in [-0.05, 0) is 26.5 Å². The van der Waals surface area contributed by atoms with Crippen LogP contribution in [0.25, 0.3) is 4.85 Å². The average Bonchev–Trinajstić information content (AvgIpc) is 2.28. The Morgan fingerprint density at radius 3 is 2.50 bits per heavy atom. The molecule has 0 saturated heterocycles. The minimum atomic E-state index is -0.217. The number of benzene rings is 1. The van der Waals surface area contributed by atoms with E-state index in [1.165, 1.54) is 0 Å². The molecule has 0 aliphatic carbocycles. The Bertz CT molecular complexity index is 432. The van der Waals surface area contributed by atoms with Gasteiger partial charge in [-0.3, -0.25) is 9.69 Å². The molecule has 0 radical (unpaired) electrons. The van der Waals surface area contributed by atoms with E-state index in [0.29, 0.717) is 12.2 Å². The first-order valence-electron chi connectivity index (χ1n) is 5.85. The summed E-state index contributed by atoms with van der Waals surface area (Å²) in [5.41, 5.74) is 1.70. The summed E-state index contributed by atoms with van der Waals surface area (Å²) in [5, 5.41) is 0. The summed E-state index contributed by atoms with van der Waals surface area (Å²) in [7, 11) is 1.87. The number of hydrogen-bond donors (Lipinski definition) is 0. The molecule has 0 amide bonds. The van der Waals surface area contributed by atoms with Gasteiger partial charge in [0.25, 0.3) is 0 Å². The lowest BCUT2D eigenvalue weighted by molar-refractivity contribution is -0.148. The van der Waals surface area contributed by atoms with Crippen molar-refractivity contribution < 1.29 is 9.53 Å². The van der Waals surface area contributed by atoms with Gasteiger partial charge in [-0.1, -0.05) is 24.3 Å². The first kappa shape index (κ1) is 14.2. The van der Waals surface area contributed by atoms with Crippen molar-refractivity contribution in [2.24, 2.45) is 0 Å². The number of nitrogens with zero attached hydrogens (tertiary/aromatic N) is 2. The standard InChI is InChI=1S/C14H18N2O2/c1-11(2)18-14(17)10-16(4)9-12-5-7-13(15-3)8-6-12/h5-8,11H,9-10H2,1-2,4H3. The number of rotatable bonds is 5. The minimum absolute atomic E-state index is 0.0798. The summed E-state index contributed by atoms with van der Waals surface area (Å²) in [4.78, 5) is 16.7. The summed E-state index contributed by atoms with van der Waals surface area (Å²) in [6.45, 7) is 11.5. The van der Waals surface area contributed by atoms with Crippen LogP contribution in [0, 0.1) is 6.57 Å². The van der Waals surface area contributed by atoms with Crippen molar-refractivity contribution in [2.75, 3.05) is 13.6 Å². The first-order valence-corrected chi connectivity index (χ1v) is 5.85. The zero-order chi connectivity index (χ0) is 13.5. The zero-order valence-electron chi connectivity index (χ0n) is 11.0. The van der Waals surface area contributed by atoms with E-state index in [-0.39, 0.29) is 18.6 Å². The molecule has 0 aromatic heterocycles. The molecule has 4 heteroatoms. The SMILES string of the molecule is [C-]#[N+]c1ccc(CN(C)CC(=O)OC(C)C)cc1. The van der Waals surface area contributed by atoms with E-state index in [0.717, 1.165) is 5.56 Å². The molecule has 0 spiro atoms. The number of likely N-dealkylation sites (N-methyl/N-ethyl adjacent to an activating group) is 1. The van der Waals surface area contributed by atoms with Crippen LogP contribution in [0.2, 0.25) is 0 Å². The van der Waals surface area contributed by atoms with Gasteiger partial charge in [0.05, 0.1) is 19.2 Å². The van der Waals surface area contributed by atoms with E-state index in [2.05, 4.69) is 4.85 Å². The molecule has 1 aromatic carbocycles. The summed E-state index contributed by atoms with van der Waals surface area (Å²) < 4.78 is 5.07. The summed E-state index contributed by atoms with van der Waals surface area (Å²) in [5.74, 6) is -0.217. The lowest BCUT2D eigenvalue weighted by atomic mass is 10.2. The second-order valence-corrected chi connectivity index (χ2v) is 4.49. The van der Waals surface area contributed by atoms with Gasteiger partial charge in [0.1, 0.15) is 0 Å². The predicted molar refractivity (Wildman–Crippen MR) is 70.3 cm³/mol. The van der Waals surface area contributed by atoms with Crippen LogP contribution in [0.3, 0.4) is 0 Å². The quantitative estimate of drug-likeness (QED) is 0.591. The smallest absolute Gasteiger partial charge is 0.320 e. The third kappa shape index (κ3) is 4.98. The normalized spacial score (nSPS) is 10.4. The molecule has 96 valence electrons. The maximum absolute atomic E-state index is 11.5. The second kappa shape index (κ2) is 6.77. The van der Waals surface area contributed by atoms with Crippen LogP contribution >= 0.6 is 0 Å². The van der Waals surface area contributed by atoms with Crippen LogP contribution in [-0.4, -0.2) is 30.6 Å². The van der Waals surface area contributed by atoms with Crippen molar-refractivity contribution in [3.63, 3.8) is 0 Å². The molecule has 0 unspecified atom stereocenters. The van der Waals surface area contributed by atoms with E-state index < -0.39 is 0 Å². The van der Waals surface area contributed by atoms with Crippen LogP contribution in [0.15, 0.2) is 24.3 Å². The molecule has 0 fully saturated rings. The zero-order valence-corrected chi connectivity index (χ0v) is 11.0. The van der Waals surface area contributed by atoms with Gasteiger partial charge in [-0.2, -0.15) is 0 Å². The first-order chi connectivity index (χ1) is 8.51. The van der Waals surface area contributed by atoms with Crippen molar-refractivity contribution in [1.82, 2.24) is 4.90 Å². The van der Waals surface area contributed by atoms with E-state index in [1.54, 1.807) is 12.1 Å². The number of carbonyl (C=O) groups is 1. The van der Waals surface area contributed by atoms with E-state index in [1.807, 2.05) is 37.9 Å². The van der Waals surface area contributed by atoms with Crippen LogP contribution in [0.5, 0.6) is 0 Å². The lowest BCUT2D eigenvalue weighted by Gasteiger charge is -2.17. The van der Waals surface area contributed by atoms with Gasteiger partial charge in [0.2, 0.25) is 0 Å².